The summed E-state index contributed by atoms with van der Waals surface area (Å²) < 4.78 is 3.64. The first-order valence-corrected chi connectivity index (χ1v) is 13.5. The summed E-state index contributed by atoms with van der Waals surface area (Å²) in [5, 5.41) is 4.81. The topological polar surface area (TPSA) is 30.7 Å². The lowest BCUT2D eigenvalue weighted by atomic mass is 9.98. The molecule has 0 fully saturated rings. The Morgan fingerprint density at radius 2 is 1.21 bits per heavy atom. The SMILES string of the molecule is c1ccc(-c2cc(-c3ccccc3)cc(-n3c4ccccc4c4cc5c(cc43)sc3ncncc35)c2)cc1. The molecule has 0 atom stereocenters. The summed E-state index contributed by atoms with van der Waals surface area (Å²) in [7, 11) is 0. The van der Waals surface area contributed by atoms with Gasteiger partial charge in [0.25, 0.3) is 0 Å². The van der Waals surface area contributed by atoms with Crippen LogP contribution in [0.25, 0.3) is 70.0 Å². The van der Waals surface area contributed by atoms with Crippen molar-refractivity contribution < 1.29 is 0 Å². The third-order valence-corrected chi connectivity index (χ3v) is 8.41. The van der Waals surface area contributed by atoms with E-state index in [-0.39, 0.29) is 0 Å². The molecule has 0 saturated carbocycles. The molecule has 4 heteroatoms. The lowest BCUT2D eigenvalue weighted by Gasteiger charge is -2.14. The minimum absolute atomic E-state index is 1.02. The standard InChI is InChI=1S/C34H21N3S/c1-3-9-22(10-4-1)24-15-25(23-11-5-2-6-12-23)17-26(16-24)37-31-14-8-7-13-27(31)28-18-29-30-20-35-21-36-34(30)38-33(29)19-32(28)37/h1-21H. The second kappa shape index (κ2) is 8.37. The van der Waals surface area contributed by atoms with Gasteiger partial charge in [-0.25, -0.2) is 9.97 Å². The first-order chi connectivity index (χ1) is 18.8. The van der Waals surface area contributed by atoms with Gasteiger partial charge in [0.2, 0.25) is 0 Å². The Balaban J connectivity index is 1.48. The molecule has 0 N–H and O–H groups in total. The minimum atomic E-state index is 1.02. The first-order valence-electron chi connectivity index (χ1n) is 12.7. The highest BCUT2D eigenvalue weighted by Crippen LogP contribution is 2.41. The van der Waals surface area contributed by atoms with Crippen LogP contribution in [0.4, 0.5) is 0 Å². The van der Waals surface area contributed by atoms with Gasteiger partial charge in [0.05, 0.1) is 11.0 Å². The molecule has 8 aromatic rings. The number of hydrogen-bond acceptors (Lipinski definition) is 3. The molecule has 0 aliphatic heterocycles. The number of aromatic nitrogens is 3. The maximum absolute atomic E-state index is 4.53. The average molecular weight is 504 g/mol. The smallest absolute Gasteiger partial charge is 0.127 e. The van der Waals surface area contributed by atoms with Crippen molar-refractivity contribution in [2.75, 3.05) is 0 Å². The van der Waals surface area contributed by atoms with E-state index in [0.29, 0.717) is 0 Å². The molecule has 0 amide bonds. The Morgan fingerprint density at radius 1 is 0.526 bits per heavy atom. The van der Waals surface area contributed by atoms with Crippen LogP contribution in [-0.4, -0.2) is 14.5 Å². The summed E-state index contributed by atoms with van der Waals surface area (Å²) in [4.78, 5) is 9.85. The van der Waals surface area contributed by atoms with E-state index in [1.807, 2.05) is 6.20 Å². The molecule has 0 saturated heterocycles. The van der Waals surface area contributed by atoms with Gasteiger partial charge < -0.3 is 4.57 Å². The van der Waals surface area contributed by atoms with Crippen LogP contribution < -0.4 is 0 Å². The maximum atomic E-state index is 4.53. The molecule has 3 aromatic heterocycles. The molecule has 3 nitrogen and oxygen atoms in total. The molecule has 5 aromatic carbocycles. The second-order valence-electron chi connectivity index (χ2n) is 9.56. The first kappa shape index (κ1) is 21.3. The van der Waals surface area contributed by atoms with Crippen LogP contribution in [0.1, 0.15) is 0 Å². The van der Waals surface area contributed by atoms with E-state index in [1.165, 1.54) is 54.1 Å². The molecular weight excluding hydrogens is 482 g/mol. The minimum Gasteiger partial charge on any atom is -0.309 e. The van der Waals surface area contributed by atoms with Crippen molar-refractivity contribution in [3.63, 3.8) is 0 Å². The number of nitrogens with zero attached hydrogens (tertiary/aromatic N) is 3. The van der Waals surface area contributed by atoms with Gasteiger partial charge >= 0.3 is 0 Å². The van der Waals surface area contributed by atoms with Gasteiger partial charge in [-0.3, -0.25) is 0 Å². The Hall–Kier alpha value is -4.80. The Morgan fingerprint density at radius 3 is 1.95 bits per heavy atom. The summed E-state index contributed by atoms with van der Waals surface area (Å²) >= 11 is 1.73. The van der Waals surface area contributed by atoms with Crippen molar-refractivity contribution in [3.8, 4) is 27.9 Å². The van der Waals surface area contributed by atoms with Crippen molar-refractivity contribution >= 4 is 53.4 Å². The fraction of sp³-hybridized carbons (Fsp3) is 0. The Kier molecular flexibility index (Phi) is 4.69. The molecule has 0 radical (unpaired) electrons. The quantitative estimate of drug-likeness (QED) is 0.240. The number of hydrogen-bond donors (Lipinski definition) is 0. The van der Waals surface area contributed by atoms with Crippen LogP contribution in [0.2, 0.25) is 0 Å². The van der Waals surface area contributed by atoms with E-state index in [4.69, 9.17) is 0 Å². The number of fused-ring (bicyclic) bond motifs is 6. The van der Waals surface area contributed by atoms with Crippen LogP contribution in [0.3, 0.4) is 0 Å². The van der Waals surface area contributed by atoms with E-state index < -0.39 is 0 Å². The van der Waals surface area contributed by atoms with Gasteiger partial charge in [-0.2, -0.15) is 0 Å². The number of thiophene rings is 1. The number of rotatable bonds is 3. The van der Waals surface area contributed by atoms with Gasteiger partial charge in [-0.15, -0.1) is 11.3 Å². The fourth-order valence-electron chi connectivity index (χ4n) is 5.59. The van der Waals surface area contributed by atoms with Gasteiger partial charge in [-0.1, -0.05) is 78.9 Å². The van der Waals surface area contributed by atoms with Crippen LogP contribution in [0.5, 0.6) is 0 Å². The van der Waals surface area contributed by atoms with Gasteiger partial charge in [0, 0.05) is 38.1 Å². The van der Waals surface area contributed by atoms with Crippen molar-refractivity contribution in [2.24, 2.45) is 0 Å². The second-order valence-corrected chi connectivity index (χ2v) is 10.6. The highest BCUT2D eigenvalue weighted by molar-refractivity contribution is 7.25. The van der Waals surface area contributed by atoms with Crippen molar-refractivity contribution in [2.45, 2.75) is 0 Å². The molecule has 8 rings (SSSR count). The van der Waals surface area contributed by atoms with E-state index >= 15 is 0 Å². The normalized spacial score (nSPS) is 11.7. The predicted molar refractivity (Wildman–Crippen MR) is 160 cm³/mol. The number of para-hydroxylation sites is 1. The average Bonchev–Trinajstić information content (AvgIpc) is 3.51. The molecule has 0 aliphatic carbocycles. The molecule has 0 aliphatic rings. The summed E-state index contributed by atoms with van der Waals surface area (Å²) in [6, 6.07) is 41.6. The lowest BCUT2D eigenvalue weighted by Crippen LogP contribution is -1.96. The van der Waals surface area contributed by atoms with Crippen molar-refractivity contribution in [3.05, 3.63) is 128 Å². The summed E-state index contributed by atoms with van der Waals surface area (Å²) in [5.74, 6) is 0. The molecule has 0 unspecified atom stereocenters. The fourth-order valence-corrected chi connectivity index (χ4v) is 6.62. The molecule has 3 heterocycles. The molecule has 38 heavy (non-hydrogen) atoms. The van der Waals surface area contributed by atoms with Gasteiger partial charge in [0.1, 0.15) is 11.2 Å². The van der Waals surface area contributed by atoms with Crippen molar-refractivity contribution in [1.29, 1.82) is 0 Å². The van der Waals surface area contributed by atoms with Crippen LogP contribution in [-0.2, 0) is 0 Å². The van der Waals surface area contributed by atoms with E-state index in [9.17, 15) is 0 Å². The Bertz CT molecular complexity index is 2070. The zero-order chi connectivity index (χ0) is 25.1. The van der Waals surface area contributed by atoms with Crippen LogP contribution in [0.15, 0.2) is 128 Å². The van der Waals surface area contributed by atoms with Gasteiger partial charge in [0.15, 0.2) is 0 Å². The van der Waals surface area contributed by atoms with E-state index in [0.717, 1.165) is 15.9 Å². The summed E-state index contributed by atoms with van der Waals surface area (Å²) in [6.07, 6.45) is 3.56. The van der Waals surface area contributed by atoms with Crippen molar-refractivity contribution in [1.82, 2.24) is 14.5 Å². The van der Waals surface area contributed by atoms with E-state index in [1.54, 1.807) is 17.7 Å². The highest BCUT2D eigenvalue weighted by atomic mass is 32.1. The zero-order valence-electron chi connectivity index (χ0n) is 20.4. The molecule has 0 bridgehead atoms. The molecular formula is C34H21N3S. The maximum Gasteiger partial charge on any atom is 0.127 e. The lowest BCUT2D eigenvalue weighted by molar-refractivity contribution is 1.18. The highest BCUT2D eigenvalue weighted by Gasteiger charge is 2.17. The Labute approximate surface area is 223 Å². The summed E-state index contributed by atoms with van der Waals surface area (Å²) in [5.41, 5.74) is 8.36. The van der Waals surface area contributed by atoms with Gasteiger partial charge in [-0.05, 0) is 58.7 Å². The summed E-state index contributed by atoms with van der Waals surface area (Å²) in [6.45, 7) is 0. The molecule has 178 valence electrons. The van der Waals surface area contributed by atoms with Crippen LogP contribution >= 0.6 is 11.3 Å². The molecule has 0 spiro atoms. The zero-order valence-corrected chi connectivity index (χ0v) is 21.2. The predicted octanol–water partition coefficient (Wildman–Crippen LogP) is 9.28. The third kappa shape index (κ3) is 3.28. The number of benzene rings is 5. The third-order valence-electron chi connectivity index (χ3n) is 7.34. The monoisotopic (exact) mass is 503 g/mol. The van der Waals surface area contributed by atoms with Crippen LogP contribution in [0, 0.1) is 0 Å². The largest absolute Gasteiger partial charge is 0.309 e. The van der Waals surface area contributed by atoms with E-state index in [2.05, 4.69) is 130 Å².